The summed E-state index contributed by atoms with van der Waals surface area (Å²) in [6, 6.07) is 14.2. The van der Waals surface area contributed by atoms with E-state index in [9.17, 15) is 14.7 Å². The minimum atomic E-state index is -0.726. The van der Waals surface area contributed by atoms with Gasteiger partial charge in [0.2, 0.25) is 5.88 Å². The van der Waals surface area contributed by atoms with Crippen molar-refractivity contribution in [3.05, 3.63) is 80.5 Å². The SMILES string of the molecule is CCOc1ccc(-n2c(O)c(/C=C3/C(C)=Nc4ccccc43)c(=O)[nH]c2=O)cc1. The first kappa shape index (κ1) is 18.5. The Balaban J connectivity index is 1.87. The second kappa shape index (κ2) is 7.27. The van der Waals surface area contributed by atoms with Crippen LogP contribution in [0.5, 0.6) is 11.6 Å². The summed E-state index contributed by atoms with van der Waals surface area (Å²) in [5, 5.41) is 10.8. The molecule has 29 heavy (non-hydrogen) atoms. The summed E-state index contributed by atoms with van der Waals surface area (Å²) in [7, 11) is 0. The molecule has 0 amide bonds. The van der Waals surface area contributed by atoms with Crippen molar-refractivity contribution in [1.82, 2.24) is 9.55 Å². The van der Waals surface area contributed by atoms with Gasteiger partial charge in [0.25, 0.3) is 5.56 Å². The number of aliphatic imine (C=N–C) groups is 1. The standard InChI is InChI=1S/C22H19N3O4/c1-3-29-15-10-8-14(9-11-15)25-21(27)18(20(26)24-22(25)28)12-17-13(2)23-19-7-5-4-6-16(17)19/h4-12,27H,3H2,1-2H3,(H,24,26,28)/b17-12-. The van der Waals surface area contributed by atoms with Gasteiger partial charge in [-0.15, -0.1) is 0 Å². The van der Waals surface area contributed by atoms with Crippen molar-refractivity contribution >= 4 is 23.0 Å². The molecule has 2 N–H and O–H groups in total. The fraction of sp³-hybridized carbons (Fsp3) is 0.136. The summed E-state index contributed by atoms with van der Waals surface area (Å²) < 4.78 is 6.46. The molecule has 2 heterocycles. The molecule has 7 nitrogen and oxygen atoms in total. The van der Waals surface area contributed by atoms with Crippen LogP contribution in [0.25, 0.3) is 17.3 Å². The molecule has 2 aromatic carbocycles. The fourth-order valence-electron chi connectivity index (χ4n) is 3.33. The first-order valence-corrected chi connectivity index (χ1v) is 9.18. The molecule has 0 aliphatic carbocycles. The third-order valence-electron chi connectivity index (χ3n) is 4.69. The molecular weight excluding hydrogens is 370 g/mol. The lowest BCUT2D eigenvalue weighted by Crippen LogP contribution is -2.30. The number of ether oxygens (including phenoxy) is 1. The van der Waals surface area contributed by atoms with Gasteiger partial charge in [0.05, 0.1) is 18.0 Å². The third-order valence-corrected chi connectivity index (χ3v) is 4.69. The number of nitrogens with one attached hydrogen (secondary N) is 1. The van der Waals surface area contributed by atoms with Crippen molar-refractivity contribution in [1.29, 1.82) is 0 Å². The van der Waals surface area contributed by atoms with E-state index in [1.54, 1.807) is 30.3 Å². The lowest BCUT2D eigenvalue weighted by atomic mass is 10.0. The van der Waals surface area contributed by atoms with Gasteiger partial charge in [0.15, 0.2) is 0 Å². The predicted molar refractivity (Wildman–Crippen MR) is 113 cm³/mol. The Hall–Kier alpha value is -3.87. The van der Waals surface area contributed by atoms with Crippen molar-refractivity contribution in [3.8, 4) is 17.3 Å². The number of hydrogen-bond donors (Lipinski definition) is 2. The Morgan fingerprint density at radius 2 is 1.86 bits per heavy atom. The topological polar surface area (TPSA) is 96.7 Å². The first-order valence-electron chi connectivity index (χ1n) is 9.18. The Morgan fingerprint density at radius 3 is 2.59 bits per heavy atom. The Kier molecular flexibility index (Phi) is 4.64. The highest BCUT2D eigenvalue weighted by atomic mass is 16.5. The second-order valence-electron chi connectivity index (χ2n) is 6.53. The largest absolute Gasteiger partial charge is 0.494 e. The maximum atomic E-state index is 12.5. The van der Waals surface area contributed by atoms with E-state index in [2.05, 4.69) is 9.98 Å². The Labute approximate surface area is 166 Å². The van der Waals surface area contributed by atoms with Gasteiger partial charge in [-0.05, 0) is 50.3 Å². The van der Waals surface area contributed by atoms with Crippen LogP contribution < -0.4 is 16.0 Å². The molecule has 0 spiro atoms. The van der Waals surface area contributed by atoms with Gasteiger partial charge in [-0.1, -0.05) is 18.2 Å². The zero-order chi connectivity index (χ0) is 20.5. The van der Waals surface area contributed by atoms with Crippen LogP contribution in [-0.2, 0) is 0 Å². The zero-order valence-electron chi connectivity index (χ0n) is 16.0. The van der Waals surface area contributed by atoms with E-state index >= 15 is 0 Å². The van der Waals surface area contributed by atoms with Gasteiger partial charge < -0.3 is 9.84 Å². The van der Waals surface area contributed by atoms with E-state index < -0.39 is 17.1 Å². The van der Waals surface area contributed by atoms with Crippen LogP contribution in [0.15, 0.2) is 63.1 Å². The monoisotopic (exact) mass is 389 g/mol. The van der Waals surface area contributed by atoms with Crippen LogP contribution in [0.4, 0.5) is 5.69 Å². The number of H-pyrrole nitrogens is 1. The summed E-state index contributed by atoms with van der Waals surface area (Å²) in [4.78, 5) is 31.6. The van der Waals surface area contributed by atoms with Gasteiger partial charge in [0.1, 0.15) is 11.3 Å². The van der Waals surface area contributed by atoms with E-state index in [0.29, 0.717) is 18.0 Å². The van der Waals surface area contributed by atoms with Crippen molar-refractivity contribution in [2.45, 2.75) is 13.8 Å². The third kappa shape index (κ3) is 3.27. The number of aromatic hydroxyl groups is 1. The molecule has 0 radical (unpaired) electrons. The summed E-state index contributed by atoms with van der Waals surface area (Å²) in [6.45, 7) is 4.22. The van der Waals surface area contributed by atoms with Gasteiger partial charge in [-0.2, -0.15) is 0 Å². The van der Waals surface area contributed by atoms with Crippen molar-refractivity contribution in [2.24, 2.45) is 4.99 Å². The number of fused-ring (bicyclic) bond motifs is 1. The minimum Gasteiger partial charge on any atom is -0.494 e. The molecule has 146 valence electrons. The lowest BCUT2D eigenvalue weighted by molar-refractivity contribution is 0.340. The van der Waals surface area contributed by atoms with E-state index in [1.165, 1.54) is 0 Å². The molecule has 4 rings (SSSR count). The van der Waals surface area contributed by atoms with E-state index in [4.69, 9.17) is 4.74 Å². The zero-order valence-corrected chi connectivity index (χ0v) is 16.0. The molecule has 0 fully saturated rings. The van der Waals surface area contributed by atoms with Crippen LogP contribution in [0.3, 0.4) is 0 Å². The maximum absolute atomic E-state index is 12.5. The van der Waals surface area contributed by atoms with Gasteiger partial charge in [-0.25, -0.2) is 9.36 Å². The number of benzene rings is 2. The molecule has 0 saturated carbocycles. The number of hydrogen-bond acceptors (Lipinski definition) is 5. The smallest absolute Gasteiger partial charge is 0.335 e. The van der Waals surface area contributed by atoms with Crippen LogP contribution >= 0.6 is 0 Å². The van der Waals surface area contributed by atoms with Crippen LogP contribution in [0.1, 0.15) is 25.0 Å². The summed E-state index contributed by atoms with van der Waals surface area (Å²) in [6.07, 6.45) is 1.56. The van der Waals surface area contributed by atoms with Gasteiger partial charge >= 0.3 is 5.69 Å². The predicted octanol–water partition coefficient (Wildman–Crippen LogP) is 3.28. The number of allylic oxidation sites excluding steroid dienone is 1. The number of nitrogens with zero attached hydrogens (tertiary/aromatic N) is 2. The molecule has 0 saturated heterocycles. The molecular formula is C22H19N3O4. The quantitative estimate of drug-likeness (QED) is 0.716. The van der Waals surface area contributed by atoms with Gasteiger partial charge in [0, 0.05) is 16.8 Å². The fourth-order valence-corrected chi connectivity index (χ4v) is 3.33. The highest BCUT2D eigenvalue weighted by Crippen LogP contribution is 2.36. The Morgan fingerprint density at radius 1 is 1.14 bits per heavy atom. The van der Waals surface area contributed by atoms with E-state index in [1.807, 2.05) is 38.1 Å². The summed E-state index contributed by atoms with van der Waals surface area (Å²) in [5.41, 5.74) is 2.11. The highest BCUT2D eigenvalue weighted by Gasteiger charge is 2.20. The molecule has 1 aliphatic heterocycles. The number of aromatic nitrogens is 2. The number of rotatable bonds is 4. The second-order valence-corrected chi connectivity index (χ2v) is 6.53. The normalized spacial score (nSPS) is 14.0. The van der Waals surface area contributed by atoms with Gasteiger partial charge in [-0.3, -0.25) is 14.8 Å². The average molecular weight is 389 g/mol. The highest BCUT2D eigenvalue weighted by molar-refractivity contribution is 6.31. The molecule has 1 aliphatic rings. The van der Waals surface area contributed by atoms with Crippen molar-refractivity contribution in [3.63, 3.8) is 0 Å². The molecule has 7 heteroatoms. The molecule has 0 unspecified atom stereocenters. The van der Waals surface area contributed by atoms with Crippen LogP contribution in [-0.4, -0.2) is 27.0 Å². The number of aromatic amines is 1. The lowest BCUT2D eigenvalue weighted by Gasteiger charge is -2.11. The van der Waals surface area contributed by atoms with E-state index in [0.717, 1.165) is 27.1 Å². The average Bonchev–Trinajstić information content (AvgIpc) is 3.01. The maximum Gasteiger partial charge on any atom is 0.335 e. The molecule has 0 atom stereocenters. The van der Waals surface area contributed by atoms with E-state index in [-0.39, 0.29) is 5.56 Å². The summed E-state index contributed by atoms with van der Waals surface area (Å²) in [5.74, 6) is 0.206. The first-order chi connectivity index (χ1) is 14.0. The van der Waals surface area contributed by atoms with Crippen molar-refractivity contribution < 1.29 is 9.84 Å². The summed E-state index contributed by atoms with van der Waals surface area (Å²) >= 11 is 0. The van der Waals surface area contributed by atoms with Crippen LogP contribution in [0.2, 0.25) is 0 Å². The van der Waals surface area contributed by atoms with Crippen LogP contribution in [0, 0.1) is 0 Å². The molecule has 0 bridgehead atoms. The van der Waals surface area contributed by atoms with Crippen molar-refractivity contribution in [2.75, 3.05) is 6.61 Å². The number of para-hydroxylation sites is 1. The minimum absolute atomic E-state index is 0.0141. The Bertz CT molecular complexity index is 1260. The molecule has 1 aromatic heterocycles. The molecule has 3 aromatic rings.